The molecule has 2 fully saturated rings. The van der Waals surface area contributed by atoms with Crippen LogP contribution in [0.4, 0.5) is 0 Å². The fraction of sp³-hybridized carbons (Fsp3) is 0.920. The van der Waals surface area contributed by atoms with E-state index in [1.807, 2.05) is 41.8 Å². The van der Waals surface area contributed by atoms with Crippen molar-refractivity contribution in [1.82, 2.24) is 9.80 Å². The molecule has 0 aromatic heterocycles. The van der Waals surface area contributed by atoms with Gasteiger partial charge in [0.25, 0.3) is 0 Å². The van der Waals surface area contributed by atoms with Crippen molar-refractivity contribution in [2.24, 2.45) is 17.8 Å². The van der Waals surface area contributed by atoms with Gasteiger partial charge in [0, 0.05) is 12.1 Å². The summed E-state index contributed by atoms with van der Waals surface area (Å²) in [6.07, 6.45) is 7.60. The van der Waals surface area contributed by atoms with E-state index in [4.69, 9.17) is 9.47 Å². The Morgan fingerprint density at radius 2 is 1.58 bits per heavy atom. The fourth-order valence-corrected chi connectivity index (χ4v) is 5.73. The van der Waals surface area contributed by atoms with E-state index in [9.17, 15) is 9.59 Å². The van der Waals surface area contributed by atoms with Crippen LogP contribution in [-0.4, -0.2) is 73.7 Å². The molecule has 2 rings (SSSR count). The van der Waals surface area contributed by atoms with E-state index in [1.54, 1.807) is 0 Å². The first-order valence-corrected chi connectivity index (χ1v) is 12.2. The summed E-state index contributed by atoms with van der Waals surface area (Å²) < 4.78 is 11.7. The molecule has 2 aliphatic carbocycles. The number of carbonyl (C=O) groups excluding carboxylic acids is 2. The average Bonchev–Trinajstić information content (AvgIpc) is 2.66. The molecule has 6 nitrogen and oxygen atoms in total. The van der Waals surface area contributed by atoms with E-state index in [1.165, 1.54) is 0 Å². The smallest absolute Gasteiger partial charge is 0.310 e. The number of esters is 2. The molecule has 0 aromatic rings. The molecule has 0 bridgehead atoms. The second-order valence-electron chi connectivity index (χ2n) is 11.1. The zero-order valence-corrected chi connectivity index (χ0v) is 21.1. The van der Waals surface area contributed by atoms with Gasteiger partial charge in [-0.2, -0.15) is 0 Å². The minimum Gasteiger partial charge on any atom is -0.463 e. The highest BCUT2D eigenvalue weighted by atomic mass is 16.6. The molecule has 0 spiro atoms. The topological polar surface area (TPSA) is 59.1 Å². The summed E-state index contributed by atoms with van der Waals surface area (Å²) in [5.74, 6) is 0.0128. The third kappa shape index (κ3) is 7.45. The van der Waals surface area contributed by atoms with Crippen LogP contribution in [0.25, 0.3) is 0 Å². The first-order chi connectivity index (χ1) is 14.4. The van der Waals surface area contributed by atoms with Crippen LogP contribution >= 0.6 is 0 Å². The number of nitrogens with zero attached hydrogens (tertiary/aromatic N) is 2. The molecule has 0 amide bonds. The van der Waals surface area contributed by atoms with Gasteiger partial charge in [-0.25, -0.2) is 0 Å². The zero-order chi connectivity index (χ0) is 23.3. The van der Waals surface area contributed by atoms with Crippen LogP contribution in [0.2, 0.25) is 0 Å². The summed E-state index contributed by atoms with van der Waals surface area (Å²) in [5, 5.41) is 0. The van der Waals surface area contributed by atoms with Crippen LogP contribution in [0.5, 0.6) is 0 Å². The number of hydrogen-bond donors (Lipinski definition) is 0. The third-order valence-corrected chi connectivity index (χ3v) is 7.08. The molecule has 2 saturated carbocycles. The Hall–Kier alpha value is -1.14. The highest BCUT2D eigenvalue weighted by molar-refractivity contribution is 5.74. The minimum absolute atomic E-state index is 0.00908. The molecule has 5 atom stereocenters. The van der Waals surface area contributed by atoms with Crippen molar-refractivity contribution in [2.75, 3.05) is 28.2 Å². The molecule has 0 aliphatic heterocycles. The number of hydrogen-bond acceptors (Lipinski definition) is 6. The van der Waals surface area contributed by atoms with E-state index in [0.29, 0.717) is 6.04 Å². The third-order valence-electron chi connectivity index (χ3n) is 7.08. The lowest BCUT2D eigenvalue weighted by molar-refractivity contribution is -0.168. The molecule has 31 heavy (non-hydrogen) atoms. The maximum Gasteiger partial charge on any atom is 0.310 e. The largest absolute Gasteiger partial charge is 0.463 e. The predicted molar refractivity (Wildman–Crippen MR) is 124 cm³/mol. The average molecular weight is 439 g/mol. The first kappa shape index (κ1) is 26.1. The molecule has 0 saturated heterocycles. The highest BCUT2D eigenvalue weighted by Crippen LogP contribution is 2.39. The number of carbonyl (C=O) groups is 2. The lowest BCUT2D eigenvalue weighted by Crippen LogP contribution is -2.50. The van der Waals surface area contributed by atoms with Crippen molar-refractivity contribution < 1.29 is 19.1 Å². The highest BCUT2D eigenvalue weighted by Gasteiger charge is 2.43. The van der Waals surface area contributed by atoms with E-state index >= 15 is 0 Å². The van der Waals surface area contributed by atoms with Crippen LogP contribution < -0.4 is 0 Å². The molecule has 0 radical (unpaired) electrons. The maximum atomic E-state index is 13.0. The van der Waals surface area contributed by atoms with Gasteiger partial charge in [-0.15, -0.1) is 0 Å². The second kappa shape index (κ2) is 11.1. The summed E-state index contributed by atoms with van der Waals surface area (Å²) in [5.41, 5.74) is -0.551. The summed E-state index contributed by atoms with van der Waals surface area (Å²) in [6.45, 7) is 7.86. The standard InChI is InChI=1S/C25H46N2O4/c1-17(2)30-24(29)21-14-10-12-19(22(21)27(7)8)16-25(3,4)31-23(28)18-11-9-13-20(15-18)26(5)6/h17-22H,9-16H2,1-8H3. The Bertz CT molecular complexity index is 602. The van der Waals surface area contributed by atoms with Gasteiger partial charge >= 0.3 is 11.9 Å². The Morgan fingerprint density at radius 1 is 0.935 bits per heavy atom. The van der Waals surface area contributed by atoms with Crippen LogP contribution in [0, 0.1) is 17.8 Å². The van der Waals surface area contributed by atoms with Gasteiger partial charge in [0.05, 0.1) is 17.9 Å². The maximum absolute atomic E-state index is 13.0. The number of ether oxygens (including phenoxy) is 2. The monoisotopic (exact) mass is 438 g/mol. The molecule has 2 aliphatic rings. The Balaban J connectivity index is 2.04. The molecule has 0 aromatic carbocycles. The lowest BCUT2D eigenvalue weighted by atomic mass is 9.72. The summed E-state index contributed by atoms with van der Waals surface area (Å²) in [7, 11) is 8.27. The fourth-order valence-electron chi connectivity index (χ4n) is 5.73. The van der Waals surface area contributed by atoms with Crippen molar-refractivity contribution in [2.45, 2.75) is 103 Å². The lowest BCUT2D eigenvalue weighted by Gasteiger charge is -2.44. The van der Waals surface area contributed by atoms with Gasteiger partial charge in [-0.05, 0) is 100 Å². The van der Waals surface area contributed by atoms with Gasteiger partial charge in [0.2, 0.25) is 0 Å². The molecular weight excluding hydrogens is 392 g/mol. The van der Waals surface area contributed by atoms with Gasteiger partial charge in [-0.3, -0.25) is 9.59 Å². The summed E-state index contributed by atoms with van der Waals surface area (Å²) >= 11 is 0. The second-order valence-corrected chi connectivity index (χ2v) is 11.1. The molecule has 0 heterocycles. The van der Waals surface area contributed by atoms with Crippen molar-refractivity contribution in [3.8, 4) is 0 Å². The van der Waals surface area contributed by atoms with E-state index in [2.05, 4.69) is 23.9 Å². The van der Waals surface area contributed by atoms with Gasteiger partial charge in [-0.1, -0.05) is 12.8 Å². The molecule has 5 unspecified atom stereocenters. The molecule has 0 N–H and O–H groups in total. The summed E-state index contributed by atoms with van der Waals surface area (Å²) in [4.78, 5) is 30.2. The van der Waals surface area contributed by atoms with Crippen molar-refractivity contribution in [3.63, 3.8) is 0 Å². The predicted octanol–water partition coefficient (Wildman–Crippen LogP) is 4.12. The van der Waals surface area contributed by atoms with Gasteiger partial charge in [0.1, 0.15) is 5.60 Å². The molecule has 6 heteroatoms. The summed E-state index contributed by atoms with van der Waals surface area (Å²) in [6, 6.07) is 0.560. The van der Waals surface area contributed by atoms with Gasteiger partial charge in [0.15, 0.2) is 0 Å². The van der Waals surface area contributed by atoms with Crippen LogP contribution in [0.1, 0.15) is 79.1 Å². The first-order valence-electron chi connectivity index (χ1n) is 12.2. The van der Waals surface area contributed by atoms with Crippen molar-refractivity contribution >= 4 is 11.9 Å². The van der Waals surface area contributed by atoms with Crippen LogP contribution in [-0.2, 0) is 19.1 Å². The van der Waals surface area contributed by atoms with Crippen LogP contribution in [0.15, 0.2) is 0 Å². The Labute approximate surface area is 190 Å². The molecular formula is C25H46N2O4. The van der Waals surface area contributed by atoms with Crippen molar-refractivity contribution in [3.05, 3.63) is 0 Å². The van der Waals surface area contributed by atoms with E-state index < -0.39 is 5.60 Å². The van der Waals surface area contributed by atoms with Gasteiger partial charge < -0.3 is 19.3 Å². The molecule has 180 valence electrons. The van der Waals surface area contributed by atoms with E-state index in [-0.39, 0.29) is 41.8 Å². The zero-order valence-electron chi connectivity index (χ0n) is 21.1. The van der Waals surface area contributed by atoms with E-state index in [0.717, 1.165) is 51.4 Å². The van der Waals surface area contributed by atoms with Crippen LogP contribution in [0.3, 0.4) is 0 Å². The SMILES string of the molecule is CC(C)OC(=O)C1CCCC(CC(C)(C)OC(=O)C2CCCC(N(C)C)C2)C1N(C)C. The van der Waals surface area contributed by atoms with Crippen molar-refractivity contribution in [1.29, 1.82) is 0 Å². The normalized spacial score (nSPS) is 30.0. The number of rotatable bonds is 8. The minimum atomic E-state index is -0.551. The Kier molecular flexibility index (Phi) is 9.38. The quantitative estimate of drug-likeness (QED) is 0.532. The Morgan fingerprint density at radius 3 is 2.16 bits per heavy atom.